The number of rotatable bonds is 2. The molecule has 0 bridgehead atoms. The van der Waals surface area contributed by atoms with Crippen molar-refractivity contribution in [2.45, 2.75) is 32.1 Å². The van der Waals surface area contributed by atoms with E-state index in [9.17, 15) is 13.6 Å². The Morgan fingerprint density at radius 3 is 2.67 bits per heavy atom. The number of anilines is 2. The van der Waals surface area contributed by atoms with E-state index in [0.717, 1.165) is 19.8 Å². The summed E-state index contributed by atoms with van der Waals surface area (Å²) in [6.45, 7) is 1.31. The molecule has 1 amide bonds. The minimum absolute atomic E-state index is 0.100. The largest absolute Gasteiger partial charge is 0.399 e. The highest BCUT2D eigenvalue weighted by Gasteiger charge is 2.32. The minimum Gasteiger partial charge on any atom is -0.399 e. The number of halogens is 2. The number of carbonyl (C=O) groups excluding carboxylic acids is 1. The molecular weight excluding hydrogens is 238 g/mol. The van der Waals surface area contributed by atoms with Crippen molar-refractivity contribution in [3.05, 3.63) is 23.8 Å². The number of alkyl halides is 2. The van der Waals surface area contributed by atoms with E-state index in [0.29, 0.717) is 13.0 Å². The summed E-state index contributed by atoms with van der Waals surface area (Å²) in [6, 6.07) is 4.30. The molecule has 1 saturated heterocycles. The van der Waals surface area contributed by atoms with E-state index in [-0.39, 0.29) is 22.8 Å². The fourth-order valence-electron chi connectivity index (χ4n) is 2.20. The number of nitrogens with two attached hydrogens (primary N) is 1. The number of amides is 1. The van der Waals surface area contributed by atoms with Crippen LogP contribution in [-0.4, -0.2) is 12.5 Å². The van der Waals surface area contributed by atoms with Gasteiger partial charge in [-0.15, -0.1) is 0 Å². The molecule has 0 aromatic heterocycles. The standard InChI is InChI=1S/C13H16F2N2O/c1-13(14,15)10-8-9(16)5-6-11(10)17-7-3-2-4-12(17)18/h5-6,8H,2-4,7,16H2,1H3. The Morgan fingerprint density at radius 2 is 2.06 bits per heavy atom. The van der Waals surface area contributed by atoms with Crippen molar-refractivity contribution in [3.8, 4) is 0 Å². The first-order valence-electron chi connectivity index (χ1n) is 5.98. The quantitative estimate of drug-likeness (QED) is 0.825. The molecule has 0 radical (unpaired) electrons. The van der Waals surface area contributed by atoms with E-state index in [1.165, 1.54) is 17.0 Å². The Hall–Kier alpha value is -1.65. The summed E-state index contributed by atoms with van der Waals surface area (Å²) >= 11 is 0. The van der Waals surface area contributed by atoms with Gasteiger partial charge in [0.1, 0.15) is 0 Å². The molecule has 0 atom stereocenters. The van der Waals surface area contributed by atoms with E-state index in [1.807, 2.05) is 0 Å². The van der Waals surface area contributed by atoms with Crippen LogP contribution in [0.4, 0.5) is 20.2 Å². The number of hydrogen-bond acceptors (Lipinski definition) is 2. The van der Waals surface area contributed by atoms with Gasteiger partial charge in [0.2, 0.25) is 5.91 Å². The molecule has 1 aromatic rings. The lowest BCUT2D eigenvalue weighted by Gasteiger charge is -2.30. The van der Waals surface area contributed by atoms with Crippen molar-refractivity contribution in [3.63, 3.8) is 0 Å². The summed E-state index contributed by atoms with van der Waals surface area (Å²) in [5.41, 5.74) is 5.93. The normalized spacial score (nSPS) is 17.1. The summed E-state index contributed by atoms with van der Waals surface area (Å²) in [6.07, 6.45) is 2.08. The summed E-state index contributed by atoms with van der Waals surface area (Å²) in [5.74, 6) is -3.11. The monoisotopic (exact) mass is 254 g/mol. The van der Waals surface area contributed by atoms with Crippen molar-refractivity contribution in [2.24, 2.45) is 0 Å². The van der Waals surface area contributed by atoms with Crippen LogP contribution in [0.5, 0.6) is 0 Å². The van der Waals surface area contributed by atoms with Gasteiger partial charge in [-0.25, -0.2) is 8.78 Å². The van der Waals surface area contributed by atoms with E-state index < -0.39 is 5.92 Å². The van der Waals surface area contributed by atoms with E-state index in [1.54, 1.807) is 6.07 Å². The maximum absolute atomic E-state index is 13.6. The summed E-state index contributed by atoms with van der Waals surface area (Å²) in [7, 11) is 0. The van der Waals surface area contributed by atoms with Gasteiger partial charge in [-0.05, 0) is 31.0 Å². The lowest BCUT2D eigenvalue weighted by atomic mass is 10.0. The molecule has 1 aromatic carbocycles. The molecule has 0 saturated carbocycles. The Bertz CT molecular complexity index is 469. The molecule has 0 spiro atoms. The zero-order valence-electron chi connectivity index (χ0n) is 10.2. The third-order valence-corrected chi connectivity index (χ3v) is 3.11. The minimum atomic E-state index is -3.01. The smallest absolute Gasteiger partial charge is 0.272 e. The highest BCUT2D eigenvalue weighted by molar-refractivity contribution is 5.95. The summed E-state index contributed by atoms with van der Waals surface area (Å²) < 4.78 is 27.2. The topological polar surface area (TPSA) is 46.3 Å². The van der Waals surface area contributed by atoms with Gasteiger partial charge in [0, 0.05) is 31.1 Å². The Morgan fingerprint density at radius 1 is 1.33 bits per heavy atom. The Balaban J connectivity index is 2.46. The molecule has 1 heterocycles. The predicted molar refractivity (Wildman–Crippen MR) is 66.6 cm³/mol. The van der Waals surface area contributed by atoms with Crippen LogP contribution >= 0.6 is 0 Å². The fraction of sp³-hybridized carbons (Fsp3) is 0.462. The molecule has 2 N–H and O–H groups in total. The number of nitrogen functional groups attached to an aromatic ring is 1. The van der Waals surface area contributed by atoms with Gasteiger partial charge < -0.3 is 10.6 Å². The zero-order valence-corrected chi connectivity index (χ0v) is 10.2. The second kappa shape index (κ2) is 4.55. The van der Waals surface area contributed by atoms with Gasteiger partial charge in [-0.3, -0.25) is 4.79 Å². The summed E-state index contributed by atoms with van der Waals surface area (Å²) in [4.78, 5) is 13.2. The van der Waals surface area contributed by atoms with E-state index >= 15 is 0 Å². The van der Waals surface area contributed by atoms with Crippen LogP contribution in [0.15, 0.2) is 18.2 Å². The Kier molecular flexibility index (Phi) is 3.24. The number of carbonyl (C=O) groups is 1. The fourth-order valence-corrected chi connectivity index (χ4v) is 2.20. The lowest BCUT2D eigenvalue weighted by molar-refractivity contribution is -0.119. The first-order valence-corrected chi connectivity index (χ1v) is 5.98. The van der Waals surface area contributed by atoms with Crippen LogP contribution in [-0.2, 0) is 10.7 Å². The molecule has 0 unspecified atom stereocenters. The second-order valence-electron chi connectivity index (χ2n) is 4.67. The molecule has 1 aliphatic heterocycles. The first-order chi connectivity index (χ1) is 8.39. The molecule has 0 aliphatic carbocycles. The number of benzene rings is 1. The average molecular weight is 254 g/mol. The number of nitrogens with zero attached hydrogens (tertiary/aromatic N) is 1. The van der Waals surface area contributed by atoms with Crippen molar-refractivity contribution < 1.29 is 13.6 Å². The van der Waals surface area contributed by atoms with Gasteiger partial charge in [-0.1, -0.05) is 0 Å². The van der Waals surface area contributed by atoms with Crippen molar-refractivity contribution in [2.75, 3.05) is 17.2 Å². The van der Waals surface area contributed by atoms with Crippen molar-refractivity contribution >= 4 is 17.3 Å². The molecule has 2 rings (SSSR count). The van der Waals surface area contributed by atoms with Gasteiger partial charge in [-0.2, -0.15) is 0 Å². The first kappa shape index (κ1) is 12.8. The van der Waals surface area contributed by atoms with Crippen molar-refractivity contribution in [1.82, 2.24) is 0 Å². The van der Waals surface area contributed by atoms with Crippen LogP contribution in [0.1, 0.15) is 31.7 Å². The second-order valence-corrected chi connectivity index (χ2v) is 4.67. The molecule has 5 heteroatoms. The molecule has 1 aliphatic rings. The average Bonchev–Trinajstić information content (AvgIpc) is 2.29. The predicted octanol–water partition coefficient (Wildman–Crippen LogP) is 2.90. The van der Waals surface area contributed by atoms with Gasteiger partial charge >= 0.3 is 0 Å². The third-order valence-electron chi connectivity index (χ3n) is 3.11. The van der Waals surface area contributed by atoms with E-state index in [2.05, 4.69) is 0 Å². The molecular formula is C13H16F2N2O. The Labute approximate surface area is 105 Å². The van der Waals surface area contributed by atoms with Gasteiger partial charge in [0.05, 0.1) is 5.69 Å². The van der Waals surface area contributed by atoms with Crippen molar-refractivity contribution in [1.29, 1.82) is 0 Å². The number of piperidine rings is 1. The maximum Gasteiger partial charge on any atom is 0.272 e. The lowest BCUT2D eigenvalue weighted by Crippen LogP contribution is -2.36. The van der Waals surface area contributed by atoms with Crippen LogP contribution in [0.25, 0.3) is 0 Å². The van der Waals surface area contributed by atoms with Gasteiger partial charge in [0.15, 0.2) is 0 Å². The molecule has 18 heavy (non-hydrogen) atoms. The van der Waals surface area contributed by atoms with Crippen LogP contribution in [0.2, 0.25) is 0 Å². The molecule has 1 fully saturated rings. The van der Waals surface area contributed by atoms with Crippen LogP contribution in [0, 0.1) is 0 Å². The molecule has 3 nitrogen and oxygen atoms in total. The SMILES string of the molecule is CC(F)(F)c1cc(N)ccc1N1CCCCC1=O. The highest BCUT2D eigenvalue weighted by Crippen LogP contribution is 2.37. The maximum atomic E-state index is 13.6. The van der Waals surface area contributed by atoms with Crippen LogP contribution < -0.4 is 10.6 Å². The summed E-state index contributed by atoms with van der Waals surface area (Å²) in [5, 5.41) is 0. The van der Waals surface area contributed by atoms with E-state index in [4.69, 9.17) is 5.73 Å². The zero-order chi connectivity index (χ0) is 13.3. The molecule has 98 valence electrons. The third kappa shape index (κ3) is 2.44. The highest BCUT2D eigenvalue weighted by atomic mass is 19.3. The number of hydrogen-bond donors (Lipinski definition) is 1. The van der Waals surface area contributed by atoms with Crippen LogP contribution in [0.3, 0.4) is 0 Å². The van der Waals surface area contributed by atoms with Gasteiger partial charge in [0.25, 0.3) is 5.92 Å².